The first-order chi connectivity index (χ1) is 14.7. The van der Waals surface area contributed by atoms with Crippen molar-refractivity contribution in [2.24, 2.45) is 0 Å². The van der Waals surface area contributed by atoms with Crippen LogP contribution in [0.25, 0.3) is 11.1 Å². The molecule has 0 heterocycles. The Morgan fingerprint density at radius 2 is 1.58 bits per heavy atom. The molecular formula is C24H28N2O5. The van der Waals surface area contributed by atoms with Crippen LogP contribution in [-0.4, -0.2) is 41.3 Å². The number of carbonyl (C=O) groups is 3. The van der Waals surface area contributed by atoms with E-state index in [0.717, 1.165) is 22.3 Å². The van der Waals surface area contributed by atoms with Crippen molar-refractivity contribution in [2.45, 2.75) is 51.1 Å². The molecule has 0 fully saturated rings. The van der Waals surface area contributed by atoms with E-state index >= 15 is 0 Å². The van der Waals surface area contributed by atoms with Crippen LogP contribution < -0.4 is 10.6 Å². The Morgan fingerprint density at radius 1 is 1.03 bits per heavy atom. The van der Waals surface area contributed by atoms with E-state index in [1.807, 2.05) is 36.4 Å². The second-order valence-corrected chi connectivity index (χ2v) is 8.46. The number of amides is 2. The molecule has 0 saturated carbocycles. The minimum absolute atomic E-state index is 0.0541. The highest BCUT2D eigenvalue weighted by Gasteiger charge is 2.30. The fourth-order valence-corrected chi connectivity index (χ4v) is 3.81. The molecule has 1 atom stereocenters. The van der Waals surface area contributed by atoms with E-state index in [1.165, 1.54) is 0 Å². The van der Waals surface area contributed by atoms with Crippen LogP contribution >= 0.6 is 0 Å². The third-order valence-corrected chi connectivity index (χ3v) is 5.50. The monoisotopic (exact) mass is 424 g/mol. The predicted octanol–water partition coefficient (Wildman–Crippen LogP) is 3.67. The molecule has 0 aliphatic heterocycles. The molecule has 0 unspecified atom stereocenters. The lowest BCUT2D eigenvalue weighted by Crippen LogP contribution is -2.52. The van der Waals surface area contributed by atoms with Gasteiger partial charge in [0.2, 0.25) is 5.91 Å². The maximum Gasteiger partial charge on any atom is 0.407 e. The standard InChI is InChI=1S/C24H28N2O5/c1-15(22(29)26-24(2,3)13-12-21(27)28)25-23(30)31-14-20-18-10-6-4-8-16(18)17-9-5-7-11-19(17)20/h4-11,15,20H,12-14H2,1-3H3,(H,25,30)(H,26,29)(H,27,28)/t15-/m0/s1. The highest BCUT2D eigenvalue weighted by molar-refractivity contribution is 5.86. The average molecular weight is 424 g/mol. The number of benzene rings is 2. The first-order valence-electron chi connectivity index (χ1n) is 10.3. The number of nitrogens with one attached hydrogen (secondary N) is 2. The van der Waals surface area contributed by atoms with Crippen molar-refractivity contribution >= 4 is 18.0 Å². The summed E-state index contributed by atoms with van der Waals surface area (Å²) in [5, 5.41) is 14.1. The number of alkyl carbamates (subject to hydrolysis) is 1. The van der Waals surface area contributed by atoms with Crippen LogP contribution in [0.2, 0.25) is 0 Å². The van der Waals surface area contributed by atoms with Gasteiger partial charge >= 0.3 is 12.1 Å². The molecule has 3 rings (SSSR count). The third kappa shape index (κ3) is 5.42. The van der Waals surface area contributed by atoms with Gasteiger partial charge in [0.25, 0.3) is 0 Å². The lowest BCUT2D eigenvalue weighted by molar-refractivity contribution is -0.137. The lowest BCUT2D eigenvalue weighted by atomic mass is 9.98. The highest BCUT2D eigenvalue weighted by atomic mass is 16.5. The summed E-state index contributed by atoms with van der Waals surface area (Å²) in [6, 6.07) is 15.3. The van der Waals surface area contributed by atoms with E-state index in [1.54, 1.807) is 20.8 Å². The first-order valence-corrected chi connectivity index (χ1v) is 10.3. The van der Waals surface area contributed by atoms with E-state index in [2.05, 4.69) is 22.8 Å². The Kier molecular flexibility index (Phi) is 6.63. The van der Waals surface area contributed by atoms with Crippen molar-refractivity contribution in [1.29, 1.82) is 0 Å². The zero-order valence-electron chi connectivity index (χ0n) is 18.0. The molecule has 31 heavy (non-hydrogen) atoms. The van der Waals surface area contributed by atoms with Gasteiger partial charge < -0.3 is 20.5 Å². The summed E-state index contributed by atoms with van der Waals surface area (Å²) in [7, 11) is 0. The minimum atomic E-state index is -0.924. The Morgan fingerprint density at radius 3 is 2.13 bits per heavy atom. The van der Waals surface area contributed by atoms with E-state index in [0.29, 0.717) is 0 Å². The maximum atomic E-state index is 12.4. The maximum absolute atomic E-state index is 12.4. The molecule has 2 aromatic rings. The van der Waals surface area contributed by atoms with E-state index < -0.39 is 29.6 Å². The van der Waals surface area contributed by atoms with Crippen LogP contribution in [0.5, 0.6) is 0 Å². The van der Waals surface area contributed by atoms with Crippen molar-refractivity contribution in [2.75, 3.05) is 6.61 Å². The number of carbonyl (C=O) groups excluding carboxylic acids is 2. The molecule has 0 spiro atoms. The smallest absolute Gasteiger partial charge is 0.407 e. The molecule has 0 radical (unpaired) electrons. The number of rotatable bonds is 8. The number of hydrogen-bond acceptors (Lipinski definition) is 4. The Bertz CT molecular complexity index is 940. The van der Waals surface area contributed by atoms with Gasteiger partial charge in [0.15, 0.2) is 0 Å². The molecule has 1 aliphatic carbocycles. The Balaban J connectivity index is 1.56. The number of hydrogen-bond donors (Lipinski definition) is 3. The third-order valence-electron chi connectivity index (χ3n) is 5.50. The van der Waals surface area contributed by atoms with Gasteiger partial charge in [-0.2, -0.15) is 0 Å². The molecule has 7 heteroatoms. The molecule has 164 valence electrons. The topological polar surface area (TPSA) is 105 Å². The lowest BCUT2D eigenvalue weighted by Gasteiger charge is -2.27. The van der Waals surface area contributed by atoms with Crippen LogP contribution in [0, 0.1) is 0 Å². The SMILES string of the molecule is C[C@H](NC(=O)OCC1c2ccccc2-c2ccccc21)C(=O)NC(C)(C)CCC(=O)O. The summed E-state index contributed by atoms with van der Waals surface area (Å²) >= 11 is 0. The molecule has 1 aliphatic rings. The van der Waals surface area contributed by atoms with Crippen LogP contribution in [0.1, 0.15) is 50.7 Å². The zero-order valence-corrected chi connectivity index (χ0v) is 18.0. The number of fused-ring (bicyclic) bond motifs is 3. The van der Waals surface area contributed by atoms with Crippen molar-refractivity contribution in [1.82, 2.24) is 10.6 Å². The van der Waals surface area contributed by atoms with Gasteiger partial charge in [0, 0.05) is 17.9 Å². The van der Waals surface area contributed by atoms with Gasteiger partial charge in [-0.3, -0.25) is 9.59 Å². The second kappa shape index (κ2) is 9.20. The summed E-state index contributed by atoms with van der Waals surface area (Å²) in [6.07, 6.45) is -0.444. The summed E-state index contributed by atoms with van der Waals surface area (Å²) < 4.78 is 5.46. The van der Waals surface area contributed by atoms with Crippen molar-refractivity contribution in [3.05, 3.63) is 59.7 Å². The quantitative estimate of drug-likeness (QED) is 0.600. The van der Waals surface area contributed by atoms with Crippen LogP contribution in [0.3, 0.4) is 0 Å². The number of carboxylic acids is 1. The molecule has 7 nitrogen and oxygen atoms in total. The van der Waals surface area contributed by atoms with Gasteiger partial charge in [-0.25, -0.2) is 4.79 Å². The molecule has 0 aromatic heterocycles. The molecule has 0 saturated heterocycles. The van der Waals surface area contributed by atoms with Gasteiger partial charge in [0.05, 0.1) is 0 Å². The van der Waals surface area contributed by atoms with E-state index in [9.17, 15) is 14.4 Å². The highest BCUT2D eigenvalue weighted by Crippen LogP contribution is 2.44. The fourth-order valence-electron chi connectivity index (χ4n) is 3.81. The van der Waals surface area contributed by atoms with Gasteiger partial charge in [-0.15, -0.1) is 0 Å². The molecule has 2 aromatic carbocycles. The average Bonchev–Trinajstić information content (AvgIpc) is 3.04. The summed E-state index contributed by atoms with van der Waals surface area (Å²) in [6.45, 7) is 5.21. The van der Waals surface area contributed by atoms with Crippen molar-refractivity contribution in [3.63, 3.8) is 0 Å². The van der Waals surface area contributed by atoms with Gasteiger partial charge in [0.1, 0.15) is 12.6 Å². The van der Waals surface area contributed by atoms with Crippen LogP contribution in [-0.2, 0) is 14.3 Å². The largest absolute Gasteiger partial charge is 0.481 e. The van der Waals surface area contributed by atoms with Gasteiger partial charge in [-0.05, 0) is 49.4 Å². The van der Waals surface area contributed by atoms with Crippen LogP contribution in [0.15, 0.2) is 48.5 Å². The fraction of sp³-hybridized carbons (Fsp3) is 0.375. The number of ether oxygens (including phenoxy) is 1. The Labute approximate surface area is 181 Å². The number of aliphatic carboxylic acids is 1. The molecule has 0 bridgehead atoms. The normalized spacial score (nSPS) is 13.6. The van der Waals surface area contributed by atoms with Crippen molar-refractivity contribution in [3.8, 4) is 11.1 Å². The van der Waals surface area contributed by atoms with Gasteiger partial charge in [-0.1, -0.05) is 48.5 Å². The predicted molar refractivity (Wildman–Crippen MR) is 117 cm³/mol. The van der Waals surface area contributed by atoms with E-state index in [4.69, 9.17) is 9.84 Å². The Hall–Kier alpha value is -3.35. The van der Waals surface area contributed by atoms with E-state index in [-0.39, 0.29) is 25.4 Å². The summed E-state index contributed by atoms with van der Waals surface area (Å²) in [4.78, 5) is 35.5. The summed E-state index contributed by atoms with van der Waals surface area (Å²) in [5.41, 5.74) is 3.81. The van der Waals surface area contributed by atoms with Crippen molar-refractivity contribution < 1.29 is 24.2 Å². The molecule has 2 amide bonds. The summed E-state index contributed by atoms with van der Waals surface area (Å²) in [5.74, 6) is -1.38. The first kappa shape index (κ1) is 22.3. The number of carboxylic acid groups (broad SMARTS) is 1. The molecular weight excluding hydrogens is 396 g/mol. The minimum Gasteiger partial charge on any atom is -0.481 e. The second-order valence-electron chi connectivity index (χ2n) is 8.46. The zero-order chi connectivity index (χ0) is 22.6. The molecule has 3 N–H and O–H groups in total. The van der Waals surface area contributed by atoms with Crippen LogP contribution in [0.4, 0.5) is 4.79 Å².